The van der Waals surface area contributed by atoms with Gasteiger partial charge in [0.25, 0.3) is 0 Å². The fourth-order valence-corrected chi connectivity index (χ4v) is 4.98. The van der Waals surface area contributed by atoms with Gasteiger partial charge in [-0.2, -0.15) is 0 Å². The monoisotopic (exact) mass is 541 g/mol. The normalized spacial score (nSPS) is 17.0. The highest BCUT2D eigenvalue weighted by Gasteiger charge is 2.25. The van der Waals surface area contributed by atoms with E-state index >= 15 is 0 Å². The Morgan fingerprint density at radius 3 is 2.48 bits per heavy atom. The number of hydrogen-bond acceptors (Lipinski definition) is 5. The van der Waals surface area contributed by atoms with Crippen LogP contribution in [0.25, 0.3) is 0 Å². The second-order valence-corrected chi connectivity index (χ2v) is 9.00. The Balaban J connectivity index is 0.00000420. The predicted molar refractivity (Wildman–Crippen MR) is 128 cm³/mol. The third-order valence-electron chi connectivity index (χ3n) is 5.14. The number of sulfonamides is 1. The lowest BCUT2D eigenvalue weighted by Crippen LogP contribution is -2.46. The van der Waals surface area contributed by atoms with Gasteiger partial charge in [0.15, 0.2) is 5.96 Å². The van der Waals surface area contributed by atoms with E-state index in [0.717, 1.165) is 18.8 Å². The van der Waals surface area contributed by atoms with E-state index < -0.39 is 10.0 Å². The molecule has 0 radical (unpaired) electrons. The second-order valence-electron chi connectivity index (χ2n) is 6.91. The zero-order valence-electron chi connectivity index (χ0n) is 17.8. The molecule has 0 amide bonds. The largest absolute Gasteiger partial charge is 0.468 e. The van der Waals surface area contributed by atoms with Crippen LogP contribution in [-0.4, -0.2) is 75.7 Å². The van der Waals surface area contributed by atoms with E-state index in [2.05, 4.69) is 20.5 Å². The summed E-state index contributed by atoms with van der Waals surface area (Å²) >= 11 is 0. The Kier molecular flexibility index (Phi) is 12.1. The van der Waals surface area contributed by atoms with Gasteiger partial charge in [0.2, 0.25) is 10.0 Å². The number of likely N-dealkylation sites (tertiary alicyclic amines) is 1. The standard InChI is InChI=1S/C19H35N5O3S.HI/c1-4-24(5-2)28(25,26)15-11-21-19(20-3)22-16-17(18-10-9-14-27-18)23-12-7-6-8-13-23;/h9-10,14,17H,4-8,11-13,15-16H2,1-3H3,(H2,20,21,22);1H. The van der Waals surface area contributed by atoms with Crippen LogP contribution in [0.5, 0.6) is 0 Å². The van der Waals surface area contributed by atoms with Gasteiger partial charge in [0, 0.05) is 33.2 Å². The third kappa shape index (κ3) is 8.06. The van der Waals surface area contributed by atoms with Crippen molar-refractivity contribution in [1.29, 1.82) is 0 Å². The smallest absolute Gasteiger partial charge is 0.215 e. The summed E-state index contributed by atoms with van der Waals surface area (Å²) in [6.45, 7) is 7.76. The highest BCUT2D eigenvalue weighted by molar-refractivity contribution is 14.0. The Morgan fingerprint density at radius 1 is 1.24 bits per heavy atom. The van der Waals surface area contributed by atoms with Gasteiger partial charge in [0.05, 0.1) is 18.1 Å². The molecule has 1 aliphatic rings. The van der Waals surface area contributed by atoms with Crippen LogP contribution in [0.4, 0.5) is 0 Å². The molecule has 1 aromatic rings. The minimum Gasteiger partial charge on any atom is -0.468 e. The molecule has 168 valence electrons. The van der Waals surface area contributed by atoms with Gasteiger partial charge >= 0.3 is 0 Å². The topological polar surface area (TPSA) is 90.2 Å². The van der Waals surface area contributed by atoms with Crippen molar-refractivity contribution in [3.63, 3.8) is 0 Å². The van der Waals surface area contributed by atoms with Gasteiger partial charge < -0.3 is 15.1 Å². The van der Waals surface area contributed by atoms with Crippen molar-refractivity contribution in [3.05, 3.63) is 24.2 Å². The number of guanidine groups is 1. The summed E-state index contributed by atoms with van der Waals surface area (Å²) < 4.78 is 31.7. The first-order valence-corrected chi connectivity index (χ1v) is 11.8. The first kappa shape index (κ1) is 26.2. The number of halogens is 1. The fourth-order valence-electron chi connectivity index (χ4n) is 3.58. The molecular weight excluding hydrogens is 505 g/mol. The first-order valence-electron chi connectivity index (χ1n) is 10.2. The van der Waals surface area contributed by atoms with E-state index in [4.69, 9.17) is 4.42 Å². The van der Waals surface area contributed by atoms with Crippen molar-refractivity contribution in [2.24, 2.45) is 4.99 Å². The number of aliphatic imine (C=N–C) groups is 1. The van der Waals surface area contributed by atoms with E-state index in [9.17, 15) is 8.42 Å². The van der Waals surface area contributed by atoms with Crippen molar-refractivity contribution in [3.8, 4) is 0 Å². The summed E-state index contributed by atoms with van der Waals surface area (Å²) in [4.78, 5) is 6.67. The molecule has 1 saturated heterocycles. The number of furan rings is 1. The summed E-state index contributed by atoms with van der Waals surface area (Å²) in [5, 5.41) is 6.44. The summed E-state index contributed by atoms with van der Waals surface area (Å²) in [7, 11) is -1.55. The van der Waals surface area contributed by atoms with Crippen LogP contribution in [-0.2, 0) is 10.0 Å². The second kappa shape index (κ2) is 13.5. The van der Waals surface area contributed by atoms with E-state index in [0.29, 0.717) is 32.1 Å². The molecular formula is C19H36IN5O3S. The summed E-state index contributed by atoms with van der Waals surface area (Å²) in [5.41, 5.74) is 0. The number of piperidine rings is 1. The molecule has 2 rings (SSSR count). The summed E-state index contributed by atoms with van der Waals surface area (Å²) in [5.74, 6) is 1.58. The first-order chi connectivity index (χ1) is 13.5. The maximum atomic E-state index is 12.3. The number of hydrogen-bond donors (Lipinski definition) is 2. The van der Waals surface area contributed by atoms with Gasteiger partial charge in [-0.15, -0.1) is 24.0 Å². The van der Waals surface area contributed by atoms with Crippen LogP contribution in [0, 0.1) is 0 Å². The molecule has 1 unspecified atom stereocenters. The lowest BCUT2D eigenvalue weighted by molar-refractivity contribution is 0.146. The Hall–Kier alpha value is -0.850. The molecule has 0 bridgehead atoms. The molecule has 2 N–H and O–H groups in total. The van der Waals surface area contributed by atoms with Crippen LogP contribution >= 0.6 is 24.0 Å². The van der Waals surface area contributed by atoms with Gasteiger partial charge in [-0.3, -0.25) is 9.89 Å². The zero-order valence-corrected chi connectivity index (χ0v) is 20.9. The van der Waals surface area contributed by atoms with Crippen LogP contribution in [0.3, 0.4) is 0 Å². The van der Waals surface area contributed by atoms with E-state index in [1.165, 1.54) is 23.6 Å². The molecule has 29 heavy (non-hydrogen) atoms. The molecule has 1 aliphatic heterocycles. The van der Waals surface area contributed by atoms with Gasteiger partial charge in [-0.05, 0) is 38.1 Å². The highest BCUT2D eigenvalue weighted by atomic mass is 127. The molecule has 0 aliphatic carbocycles. The number of rotatable bonds is 10. The van der Waals surface area contributed by atoms with E-state index in [1.54, 1.807) is 13.3 Å². The molecule has 1 fully saturated rings. The molecule has 0 aromatic carbocycles. The van der Waals surface area contributed by atoms with Gasteiger partial charge in [0.1, 0.15) is 5.76 Å². The maximum absolute atomic E-state index is 12.3. The lowest BCUT2D eigenvalue weighted by atomic mass is 10.1. The van der Waals surface area contributed by atoms with Crippen LogP contribution < -0.4 is 10.6 Å². The van der Waals surface area contributed by atoms with Gasteiger partial charge in [-0.1, -0.05) is 20.3 Å². The van der Waals surface area contributed by atoms with Crippen molar-refractivity contribution >= 4 is 40.0 Å². The van der Waals surface area contributed by atoms with Crippen LogP contribution in [0.1, 0.15) is 44.9 Å². The Labute approximate surface area is 192 Å². The van der Waals surface area contributed by atoms with Gasteiger partial charge in [-0.25, -0.2) is 12.7 Å². The average molecular weight is 542 g/mol. The van der Waals surface area contributed by atoms with Crippen LogP contribution in [0.15, 0.2) is 27.8 Å². The average Bonchev–Trinajstić information content (AvgIpc) is 3.22. The molecule has 0 saturated carbocycles. The highest BCUT2D eigenvalue weighted by Crippen LogP contribution is 2.24. The van der Waals surface area contributed by atoms with Crippen molar-refractivity contribution in [2.45, 2.75) is 39.2 Å². The Bertz CT molecular complexity index is 687. The zero-order chi connectivity index (χ0) is 20.4. The minimum atomic E-state index is -3.25. The van der Waals surface area contributed by atoms with Crippen molar-refractivity contribution in [1.82, 2.24) is 19.8 Å². The molecule has 10 heteroatoms. The quantitative estimate of drug-likeness (QED) is 0.269. The SMILES string of the molecule is CCN(CC)S(=O)(=O)CCNC(=NC)NCC(c1ccco1)N1CCCCC1.I. The molecule has 0 spiro atoms. The Morgan fingerprint density at radius 2 is 1.93 bits per heavy atom. The third-order valence-corrected chi connectivity index (χ3v) is 7.16. The maximum Gasteiger partial charge on any atom is 0.215 e. The molecule has 2 heterocycles. The summed E-state index contributed by atoms with van der Waals surface area (Å²) in [6.07, 6.45) is 5.39. The van der Waals surface area contributed by atoms with E-state index in [1.807, 2.05) is 26.0 Å². The molecule has 1 atom stereocenters. The summed E-state index contributed by atoms with van der Waals surface area (Å²) in [6, 6.07) is 4.05. The van der Waals surface area contributed by atoms with Crippen molar-refractivity contribution in [2.75, 3.05) is 52.1 Å². The number of nitrogens with zero attached hydrogens (tertiary/aromatic N) is 3. The van der Waals surface area contributed by atoms with Crippen LogP contribution in [0.2, 0.25) is 0 Å². The van der Waals surface area contributed by atoms with E-state index in [-0.39, 0.29) is 35.8 Å². The molecule has 8 nitrogen and oxygen atoms in total. The molecule has 1 aromatic heterocycles. The minimum absolute atomic E-state index is 0. The number of nitrogens with one attached hydrogen (secondary N) is 2. The van der Waals surface area contributed by atoms with Crippen molar-refractivity contribution < 1.29 is 12.8 Å². The lowest BCUT2D eigenvalue weighted by Gasteiger charge is -2.33. The predicted octanol–water partition coefficient (Wildman–Crippen LogP) is 2.26. The fraction of sp³-hybridized carbons (Fsp3) is 0.737.